The van der Waals surface area contributed by atoms with Crippen molar-refractivity contribution in [2.24, 2.45) is 5.84 Å². The fraction of sp³-hybridized carbons (Fsp3) is 0. The molecular weight excluding hydrogens is 213 g/mol. The normalized spacial score (nSPS) is 7.92. The number of halogens is 3. The maximum Gasteiger partial charge on any atom is 0.147 e. The Labute approximate surface area is 118 Å². The largest absolute Gasteiger partial charge is 0.321 e. The molecule has 0 heterocycles. The second-order valence-corrected chi connectivity index (χ2v) is 1.77. The molecule has 0 aliphatic carbocycles. The van der Waals surface area contributed by atoms with Crippen molar-refractivity contribution in [3.05, 3.63) is 29.8 Å². The third-order valence-electron chi connectivity index (χ3n) is 1.08. The van der Waals surface area contributed by atoms with Crippen molar-refractivity contribution in [2.45, 2.75) is 0 Å². The average molecular weight is 220 g/mol. The van der Waals surface area contributed by atoms with Gasteiger partial charge < -0.3 is 5.43 Å². The first-order valence-electron chi connectivity index (χ1n) is 2.65. The zero-order valence-corrected chi connectivity index (χ0v) is 10.4. The molecule has 0 fully saturated rings. The van der Waals surface area contributed by atoms with E-state index < -0.39 is 11.6 Å². The van der Waals surface area contributed by atoms with E-state index in [9.17, 15) is 8.78 Å². The Kier molecular flexibility index (Phi) is 9.14. The molecular formula is C6H7ClF2KN2. The summed E-state index contributed by atoms with van der Waals surface area (Å²) < 4.78 is 24.7. The van der Waals surface area contributed by atoms with E-state index in [0.717, 1.165) is 18.2 Å². The number of hydrazine groups is 1. The van der Waals surface area contributed by atoms with Crippen LogP contribution in [0.2, 0.25) is 0 Å². The molecule has 0 bridgehead atoms. The van der Waals surface area contributed by atoms with Crippen LogP contribution in [0.1, 0.15) is 0 Å². The number of nitrogen functional groups attached to an aromatic ring is 1. The summed E-state index contributed by atoms with van der Waals surface area (Å²) in [5.74, 6) is 3.78. The average Bonchev–Trinajstić information content (AvgIpc) is 1.94. The molecule has 0 amide bonds. The summed E-state index contributed by atoms with van der Waals surface area (Å²) in [6.45, 7) is 0. The minimum atomic E-state index is -0.566. The number of anilines is 1. The van der Waals surface area contributed by atoms with Crippen molar-refractivity contribution >= 4 is 69.5 Å². The molecule has 0 saturated carbocycles. The van der Waals surface area contributed by atoms with Crippen molar-refractivity contribution in [2.75, 3.05) is 5.43 Å². The predicted molar refractivity (Wildman–Crippen MR) is 47.2 cm³/mol. The third-order valence-corrected chi connectivity index (χ3v) is 1.08. The predicted octanol–water partition coefficient (Wildman–Crippen LogP) is 1.29. The molecule has 63 valence electrons. The second-order valence-electron chi connectivity index (χ2n) is 1.77. The van der Waals surface area contributed by atoms with E-state index in [1.165, 1.54) is 0 Å². The van der Waals surface area contributed by atoms with Gasteiger partial charge >= 0.3 is 0 Å². The maximum atomic E-state index is 12.5. The van der Waals surface area contributed by atoms with Crippen LogP contribution in [0.5, 0.6) is 0 Å². The van der Waals surface area contributed by atoms with Gasteiger partial charge in [0.15, 0.2) is 0 Å². The van der Waals surface area contributed by atoms with Gasteiger partial charge in [0.05, 0.1) is 5.69 Å². The van der Waals surface area contributed by atoms with Gasteiger partial charge in [-0.25, -0.2) is 8.78 Å². The molecule has 1 aromatic rings. The van der Waals surface area contributed by atoms with Gasteiger partial charge in [-0.1, -0.05) is 0 Å². The van der Waals surface area contributed by atoms with E-state index in [2.05, 4.69) is 0 Å². The standard InChI is InChI=1S/C6H6F2N2.ClH.K/c7-4-1-2-5(8)6(3-4)10-9;;/h1-3,10H,9H2;1H;. The number of rotatable bonds is 1. The third kappa shape index (κ3) is 4.13. The van der Waals surface area contributed by atoms with Gasteiger partial charge in [-0.15, -0.1) is 12.4 Å². The number of nitrogens with two attached hydrogens (primary N) is 1. The molecule has 1 rings (SSSR count). The molecule has 0 spiro atoms. The zero-order valence-electron chi connectivity index (χ0n) is 6.47. The summed E-state index contributed by atoms with van der Waals surface area (Å²) >= 11 is 0. The van der Waals surface area contributed by atoms with Crippen molar-refractivity contribution in [3.63, 3.8) is 0 Å². The molecule has 0 saturated heterocycles. The fourth-order valence-corrected chi connectivity index (χ4v) is 0.608. The van der Waals surface area contributed by atoms with Crippen molar-refractivity contribution < 1.29 is 8.78 Å². The molecule has 12 heavy (non-hydrogen) atoms. The number of hydrogen-bond acceptors (Lipinski definition) is 2. The van der Waals surface area contributed by atoms with E-state index in [4.69, 9.17) is 5.84 Å². The topological polar surface area (TPSA) is 38.0 Å². The Morgan fingerprint density at radius 1 is 1.25 bits per heavy atom. The van der Waals surface area contributed by atoms with Crippen LogP contribution in [0, 0.1) is 11.6 Å². The Morgan fingerprint density at radius 2 is 1.83 bits per heavy atom. The van der Waals surface area contributed by atoms with Gasteiger partial charge in [0.25, 0.3) is 0 Å². The van der Waals surface area contributed by atoms with Gasteiger partial charge in [-0.3, -0.25) is 5.84 Å². The summed E-state index contributed by atoms with van der Waals surface area (Å²) in [6.07, 6.45) is 0. The molecule has 1 aromatic carbocycles. The van der Waals surface area contributed by atoms with Crippen LogP contribution in [-0.4, -0.2) is 51.4 Å². The van der Waals surface area contributed by atoms with Gasteiger partial charge in [0.1, 0.15) is 11.6 Å². The van der Waals surface area contributed by atoms with E-state index in [0.29, 0.717) is 0 Å². The molecule has 3 N–H and O–H groups in total. The maximum absolute atomic E-state index is 12.5. The molecule has 6 heteroatoms. The molecule has 0 aliphatic rings. The Morgan fingerprint density at radius 3 is 2.25 bits per heavy atom. The van der Waals surface area contributed by atoms with Crippen LogP contribution < -0.4 is 11.3 Å². The van der Waals surface area contributed by atoms with Crippen LogP contribution in [0.25, 0.3) is 0 Å². The van der Waals surface area contributed by atoms with Crippen LogP contribution >= 0.6 is 12.4 Å². The first kappa shape index (κ1) is 15.2. The van der Waals surface area contributed by atoms with Gasteiger partial charge in [0.2, 0.25) is 0 Å². The number of benzene rings is 1. The van der Waals surface area contributed by atoms with Crippen molar-refractivity contribution in [3.8, 4) is 0 Å². The Hall–Kier alpha value is 0.766. The van der Waals surface area contributed by atoms with Crippen LogP contribution in [0.15, 0.2) is 18.2 Å². The van der Waals surface area contributed by atoms with Gasteiger partial charge in [0, 0.05) is 57.5 Å². The summed E-state index contributed by atoms with van der Waals surface area (Å²) in [5.41, 5.74) is 1.98. The summed E-state index contributed by atoms with van der Waals surface area (Å²) in [4.78, 5) is 0. The first-order chi connectivity index (χ1) is 4.74. The SMILES string of the molecule is Cl.NNc1cc(F)ccc1F.[K]. The Balaban J connectivity index is 0. The van der Waals surface area contributed by atoms with Crippen LogP contribution in [0.4, 0.5) is 14.5 Å². The summed E-state index contributed by atoms with van der Waals surface area (Å²) in [7, 11) is 0. The minimum Gasteiger partial charge on any atom is -0.321 e. The van der Waals surface area contributed by atoms with E-state index in [1.807, 2.05) is 5.43 Å². The van der Waals surface area contributed by atoms with Crippen molar-refractivity contribution in [1.29, 1.82) is 0 Å². The molecule has 2 nitrogen and oxygen atoms in total. The van der Waals surface area contributed by atoms with E-state index in [-0.39, 0.29) is 69.5 Å². The molecule has 1 radical (unpaired) electrons. The number of nitrogens with one attached hydrogen (secondary N) is 1. The van der Waals surface area contributed by atoms with E-state index in [1.54, 1.807) is 0 Å². The summed E-state index contributed by atoms with van der Waals surface area (Å²) in [5, 5.41) is 0. The van der Waals surface area contributed by atoms with E-state index >= 15 is 0 Å². The van der Waals surface area contributed by atoms with Crippen molar-refractivity contribution in [1.82, 2.24) is 0 Å². The fourth-order valence-electron chi connectivity index (χ4n) is 0.608. The Bertz CT molecular complexity index is 247. The minimum absolute atomic E-state index is 0. The first-order valence-corrected chi connectivity index (χ1v) is 2.65. The van der Waals surface area contributed by atoms with Gasteiger partial charge in [-0.05, 0) is 12.1 Å². The molecule has 0 unspecified atom stereocenters. The smallest absolute Gasteiger partial charge is 0.147 e. The summed E-state index contributed by atoms with van der Waals surface area (Å²) in [6, 6.07) is 3.01. The van der Waals surface area contributed by atoms with Crippen LogP contribution in [-0.2, 0) is 0 Å². The van der Waals surface area contributed by atoms with Gasteiger partial charge in [-0.2, -0.15) is 0 Å². The molecule has 0 aromatic heterocycles. The molecule has 0 atom stereocenters. The number of hydrogen-bond donors (Lipinski definition) is 2. The zero-order chi connectivity index (χ0) is 7.56. The molecule has 0 aliphatic heterocycles. The quantitative estimate of drug-likeness (QED) is 0.425. The monoisotopic (exact) mass is 219 g/mol. The van der Waals surface area contributed by atoms with Crippen LogP contribution in [0.3, 0.4) is 0 Å². The second kappa shape index (κ2) is 7.20.